The van der Waals surface area contributed by atoms with Gasteiger partial charge in [0.15, 0.2) is 0 Å². The van der Waals surface area contributed by atoms with Crippen molar-refractivity contribution in [3.63, 3.8) is 0 Å². The van der Waals surface area contributed by atoms with Crippen molar-refractivity contribution in [1.82, 2.24) is 25.8 Å². The third-order valence-corrected chi connectivity index (χ3v) is 7.11. The molecule has 170 valence electrons. The number of thioether (sulfide) groups is 1. The smallest absolute Gasteiger partial charge is 0.327 e. The van der Waals surface area contributed by atoms with Crippen LogP contribution in [0.5, 0.6) is 0 Å². The summed E-state index contributed by atoms with van der Waals surface area (Å²) in [6.45, 7) is 2.33. The van der Waals surface area contributed by atoms with Crippen molar-refractivity contribution >= 4 is 29.6 Å². The van der Waals surface area contributed by atoms with Crippen molar-refractivity contribution in [3.05, 3.63) is 59.5 Å². The Hall–Kier alpha value is -2.82. The van der Waals surface area contributed by atoms with Gasteiger partial charge in [-0.2, -0.15) is 0 Å². The maximum absolute atomic E-state index is 13.0. The van der Waals surface area contributed by atoms with E-state index in [1.807, 2.05) is 31.2 Å². The van der Waals surface area contributed by atoms with Crippen molar-refractivity contribution in [2.75, 3.05) is 19.8 Å². The number of carbonyl (C=O) groups excluding carboxylic acids is 3. The summed E-state index contributed by atoms with van der Waals surface area (Å²) in [4.78, 5) is 40.7. The molecule has 0 radical (unpaired) electrons. The second kappa shape index (κ2) is 9.35. The molecule has 4 rings (SSSR count). The highest BCUT2D eigenvalue weighted by molar-refractivity contribution is 8.00. The van der Waals surface area contributed by atoms with E-state index in [0.717, 1.165) is 16.0 Å². The second-order valence-corrected chi connectivity index (χ2v) is 9.10. The van der Waals surface area contributed by atoms with Gasteiger partial charge in [0.2, 0.25) is 11.8 Å². The zero-order valence-corrected chi connectivity index (χ0v) is 19.0. The van der Waals surface area contributed by atoms with Gasteiger partial charge in [0.1, 0.15) is 5.76 Å². The predicted octanol–water partition coefficient (Wildman–Crippen LogP) is 1.62. The van der Waals surface area contributed by atoms with Crippen LogP contribution in [0.15, 0.2) is 47.1 Å². The Bertz CT molecular complexity index is 998. The molecule has 3 N–H and O–H groups in total. The van der Waals surface area contributed by atoms with Crippen molar-refractivity contribution in [2.45, 2.75) is 31.2 Å². The molecule has 0 saturated carbocycles. The molecule has 4 atom stereocenters. The van der Waals surface area contributed by atoms with Crippen molar-refractivity contribution in [2.24, 2.45) is 5.92 Å². The zero-order chi connectivity index (χ0) is 22.8. The summed E-state index contributed by atoms with van der Waals surface area (Å²) in [5.41, 5.74) is 2.12. The van der Waals surface area contributed by atoms with Crippen LogP contribution in [0.3, 0.4) is 0 Å². The average molecular weight is 458 g/mol. The Morgan fingerprint density at radius 3 is 2.66 bits per heavy atom. The monoisotopic (exact) mass is 457 g/mol. The molecule has 2 aliphatic rings. The molecule has 0 aliphatic carbocycles. The summed E-state index contributed by atoms with van der Waals surface area (Å²) in [6, 6.07) is 11.2. The molecule has 2 fully saturated rings. The maximum atomic E-state index is 13.0. The average Bonchev–Trinajstić information content (AvgIpc) is 3.32. The van der Waals surface area contributed by atoms with Crippen LogP contribution in [0.2, 0.25) is 0 Å². The van der Waals surface area contributed by atoms with Crippen LogP contribution < -0.4 is 16.0 Å². The van der Waals surface area contributed by atoms with E-state index in [4.69, 9.17) is 4.42 Å². The number of carbonyl (C=O) groups is 3. The van der Waals surface area contributed by atoms with E-state index in [1.165, 1.54) is 18.8 Å². The first-order chi connectivity index (χ1) is 15.4. The van der Waals surface area contributed by atoms with Gasteiger partial charge in [-0.15, -0.1) is 11.8 Å². The minimum Gasteiger partial charge on any atom is -0.467 e. The van der Waals surface area contributed by atoms with Gasteiger partial charge in [0.05, 0.1) is 42.2 Å². The van der Waals surface area contributed by atoms with Crippen molar-refractivity contribution in [3.8, 4) is 0 Å². The normalized spacial score (nSPS) is 25.6. The molecule has 4 unspecified atom stereocenters. The maximum Gasteiger partial charge on any atom is 0.327 e. The first-order valence-electron chi connectivity index (χ1n) is 10.4. The molecule has 4 amide bonds. The molecule has 0 bridgehead atoms. The Morgan fingerprint density at radius 2 is 1.94 bits per heavy atom. The molecule has 10 heteroatoms. The number of nitrogens with zero attached hydrogens (tertiary/aromatic N) is 2. The first kappa shape index (κ1) is 22.4. The molecule has 3 heterocycles. The minimum atomic E-state index is -0.536. The van der Waals surface area contributed by atoms with Gasteiger partial charge in [0, 0.05) is 14.1 Å². The standard InChI is InChI=1S/C22H27N5O4S/c1-13-7-4-5-9-15(13)18-24-19-17(21(29)27(3)22(30)26(19)2)20(25-18)32-12-16(28)23-11-14-8-6-10-31-14/h4-10,17-20,24-25H,11-12H2,1-3H3,(H,23,28). The van der Waals surface area contributed by atoms with Gasteiger partial charge in [-0.1, -0.05) is 24.3 Å². The minimum absolute atomic E-state index is 0.156. The van der Waals surface area contributed by atoms with Gasteiger partial charge < -0.3 is 14.6 Å². The number of imide groups is 1. The number of amides is 4. The molecule has 2 saturated heterocycles. The van der Waals surface area contributed by atoms with Gasteiger partial charge in [-0.3, -0.25) is 25.1 Å². The van der Waals surface area contributed by atoms with Crippen LogP contribution in [0.4, 0.5) is 4.79 Å². The Labute approximate surface area is 190 Å². The molecular formula is C22H27N5O4S. The van der Waals surface area contributed by atoms with Gasteiger partial charge in [-0.25, -0.2) is 4.79 Å². The molecule has 1 aromatic carbocycles. The van der Waals surface area contributed by atoms with E-state index < -0.39 is 12.1 Å². The van der Waals surface area contributed by atoms with E-state index in [2.05, 4.69) is 16.0 Å². The molecule has 32 heavy (non-hydrogen) atoms. The molecule has 2 aliphatic heterocycles. The number of urea groups is 1. The molecule has 9 nitrogen and oxygen atoms in total. The Morgan fingerprint density at radius 1 is 1.16 bits per heavy atom. The number of fused-ring (bicyclic) bond motifs is 1. The lowest BCUT2D eigenvalue weighted by atomic mass is 9.95. The van der Waals surface area contributed by atoms with Crippen LogP contribution in [0.1, 0.15) is 23.1 Å². The van der Waals surface area contributed by atoms with Gasteiger partial charge >= 0.3 is 6.03 Å². The number of rotatable bonds is 6. The van der Waals surface area contributed by atoms with Crippen LogP contribution in [-0.4, -0.2) is 59.0 Å². The number of aryl methyl sites for hydroxylation is 1. The number of furan rings is 1. The van der Waals surface area contributed by atoms with Crippen LogP contribution in [0, 0.1) is 12.8 Å². The van der Waals surface area contributed by atoms with Crippen molar-refractivity contribution < 1.29 is 18.8 Å². The van der Waals surface area contributed by atoms with Crippen LogP contribution in [-0.2, 0) is 16.1 Å². The number of hydrogen-bond acceptors (Lipinski definition) is 7. The quantitative estimate of drug-likeness (QED) is 0.605. The zero-order valence-electron chi connectivity index (χ0n) is 18.2. The number of benzene rings is 1. The third kappa shape index (κ3) is 4.38. The third-order valence-electron chi connectivity index (χ3n) is 5.89. The number of hydrogen-bond donors (Lipinski definition) is 3. The van der Waals surface area contributed by atoms with Crippen LogP contribution in [0.25, 0.3) is 0 Å². The van der Waals surface area contributed by atoms with E-state index in [-0.39, 0.29) is 35.1 Å². The van der Waals surface area contributed by atoms with Gasteiger partial charge in [-0.05, 0) is 30.2 Å². The second-order valence-electron chi connectivity index (χ2n) is 7.97. The first-order valence-corrected chi connectivity index (χ1v) is 11.4. The lowest BCUT2D eigenvalue weighted by molar-refractivity contribution is -0.140. The van der Waals surface area contributed by atoms with E-state index in [0.29, 0.717) is 12.3 Å². The number of nitrogens with one attached hydrogen (secondary N) is 3. The van der Waals surface area contributed by atoms with Crippen LogP contribution >= 0.6 is 11.8 Å². The topological polar surface area (TPSA) is 107 Å². The lowest BCUT2D eigenvalue weighted by Gasteiger charge is -2.50. The summed E-state index contributed by atoms with van der Waals surface area (Å²) in [5, 5.41) is 9.37. The summed E-state index contributed by atoms with van der Waals surface area (Å²) < 4.78 is 5.24. The summed E-state index contributed by atoms with van der Waals surface area (Å²) in [6.07, 6.45) is 0.803. The molecule has 1 aromatic heterocycles. The highest BCUT2D eigenvalue weighted by Crippen LogP contribution is 2.34. The highest BCUT2D eigenvalue weighted by atomic mass is 32.2. The Kier molecular flexibility index (Phi) is 6.54. The van der Waals surface area contributed by atoms with Gasteiger partial charge in [0.25, 0.3) is 0 Å². The summed E-state index contributed by atoms with van der Waals surface area (Å²) >= 11 is 1.36. The summed E-state index contributed by atoms with van der Waals surface area (Å²) in [7, 11) is 3.18. The predicted molar refractivity (Wildman–Crippen MR) is 120 cm³/mol. The fraction of sp³-hybridized carbons (Fsp3) is 0.409. The van der Waals surface area contributed by atoms with E-state index >= 15 is 0 Å². The molecule has 0 spiro atoms. The fourth-order valence-electron chi connectivity index (χ4n) is 4.10. The highest BCUT2D eigenvalue weighted by Gasteiger charge is 2.51. The van der Waals surface area contributed by atoms with Crippen molar-refractivity contribution in [1.29, 1.82) is 0 Å². The fourth-order valence-corrected chi connectivity index (χ4v) is 5.24. The largest absolute Gasteiger partial charge is 0.467 e. The SMILES string of the molecule is Cc1ccccc1C1NC(SCC(=O)NCc2ccco2)C2C(=O)N(C)C(=O)N(C)C2N1. The molecule has 2 aromatic rings. The van der Waals surface area contributed by atoms with E-state index in [9.17, 15) is 14.4 Å². The summed E-state index contributed by atoms with van der Waals surface area (Å²) in [5.74, 6) is -0.124. The Balaban J connectivity index is 1.51. The molecular weight excluding hydrogens is 430 g/mol. The lowest BCUT2D eigenvalue weighted by Crippen LogP contribution is -2.72. The van der Waals surface area contributed by atoms with E-state index in [1.54, 1.807) is 30.3 Å².